The number of aryl methyl sites for hydroxylation is 1. The molecule has 0 N–H and O–H groups in total. The molecule has 1 aliphatic heterocycles. The molecule has 3 aromatic heterocycles. The smallest absolute Gasteiger partial charge is 0.354 e. The van der Waals surface area contributed by atoms with Gasteiger partial charge in [-0.2, -0.15) is 18.2 Å². The van der Waals surface area contributed by atoms with Crippen LogP contribution in [0, 0.1) is 0 Å². The van der Waals surface area contributed by atoms with Crippen LogP contribution in [0.3, 0.4) is 0 Å². The van der Waals surface area contributed by atoms with Crippen molar-refractivity contribution in [3.05, 3.63) is 58.0 Å². The number of nitrogens with zero attached hydrogens (tertiary/aromatic N) is 5. The van der Waals surface area contributed by atoms with Crippen LogP contribution in [-0.4, -0.2) is 52.1 Å². The molecule has 194 valence electrons. The molecule has 1 amide bonds. The quantitative estimate of drug-likeness (QED) is 0.324. The van der Waals surface area contributed by atoms with E-state index in [2.05, 4.69) is 15.0 Å². The molecule has 4 heterocycles. The Kier molecular flexibility index (Phi) is 7.14. The first-order chi connectivity index (χ1) is 17.8. The van der Waals surface area contributed by atoms with Gasteiger partial charge in [0.2, 0.25) is 5.91 Å². The molecule has 0 bridgehead atoms. The summed E-state index contributed by atoms with van der Waals surface area (Å²) in [7, 11) is 0. The third kappa shape index (κ3) is 5.46. The summed E-state index contributed by atoms with van der Waals surface area (Å²) >= 11 is 1.57. The monoisotopic (exact) mass is 529 g/mol. The zero-order valence-corrected chi connectivity index (χ0v) is 21.1. The number of benzene rings is 1. The van der Waals surface area contributed by atoms with Gasteiger partial charge in [-0.3, -0.25) is 4.79 Å². The number of thiophene rings is 1. The molecule has 4 aromatic rings. The lowest BCUT2D eigenvalue weighted by molar-refractivity contribution is -0.137. The minimum absolute atomic E-state index is 0.0819. The highest BCUT2D eigenvalue weighted by Crippen LogP contribution is 2.37. The van der Waals surface area contributed by atoms with Crippen molar-refractivity contribution in [3.8, 4) is 11.3 Å². The third-order valence-corrected chi connectivity index (χ3v) is 7.23. The van der Waals surface area contributed by atoms with E-state index < -0.39 is 11.7 Å². The van der Waals surface area contributed by atoms with Gasteiger partial charge in [0.25, 0.3) is 5.71 Å². The summed E-state index contributed by atoms with van der Waals surface area (Å²) < 4.78 is 45.7. The predicted octanol–water partition coefficient (Wildman–Crippen LogP) is 5.60. The number of aromatic nitrogens is 3. The fraction of sp³-hybridized carbons (Fsp3) is 0.385. The van der Waals surface area contributed by atoms with Crippen molar-refractivity contribution in [3.63, 3.8) is 0 Å². The van der Waals surface area contributed by atoms with E-state index in [1.54, 1.807) is 17.4 Å². The normalized spacial score (nSPS) is 14.8. The van der Waals surface area contributed by atoms with Crippen molar-refractivity contribution >= 4 is 34.2 Å². The van der Waals surface area contributed by atoms with Gasteiger partial charge in [-0.25, -0.2) is 4.98 Å². The largest absolute Gasteiger partial charge is 0.416 e. The second-order valence-corrected chi connectivity index (χ2v) is 10.0. The number of amides is 1. The van der Waals surface area contributed by atoms with Gasteiger partial charge in [0, 0.05) is 43.0 Å². The second kappa shape index (κ2) is 10.5. The van der Waals surface area contributed by atoms with Crippen LogP contribution in [-0.2, 0) is 23.8 Å². The Hall–Kier alpha value is -3.47. The van der Waals surface area contributed by atoms with Crippen LogP contribution in [0.5, 0.6) is 0 Å². The Morgan fingerprint density at radius 2 is 1.97 bits per heavy atom. The highest BCUT2D eigenvalue weighted by Gasteiger charge is 2.32. The molecule has 0 spiro atoms. The number of halogens is 3. The number of carbonyl (C=O) groups excluding carboxylic acids is 1. The highest BCUT2D eigenvalue weighted by atomic mass is 32.1. The van der Waals surface area contributed by atoms with Gasteiger partial charge in [0.05, 0.1) is 12.0 Å². The second-order valence-electron chi connectivity index (χ2n) is 8.98. The number of carbonyl (C=O) groups is 1. The topological polar surface area (TPSA) is 75.4 Å². The Labute approximate surface area is 215 Å². The Balaban J connectivity index is 1.49. The van der Waals surface area contributed by atoms with Crippen LogP contribution >= 0.6 is 11.3 Å². The van der Waals surface area contributed by atoms with Crippen LogP contribution in [0.25, 0.3) is 22.4 Å². The SMILES string of the molecule is CCCc1nc(N2CCCN(C(=O)Cc3cccs3)CC2)c2c(-c3cccc(C(F)(F)F)c3)noc2n1. The van der Waals surface area contributed by atoms with Crippen LogP contribution < -0.4 is 4.90 Å². The average molecular weight is 530 g/mol. The zero-order valence-electron chi connectivity index (χ0n) is 20.3. The molecule has 1 fully saturated rings. The molecule has 1 aliphatic rings. The summed E-state index contributed by atoms with van der Waals surface area (Å²) in [5.41, 5.74) is 0.0369. The van der Waals surface area contributed by atoms with E-state index in [-0.39, 0.29) is 22.9 Å². The summed E-state index contributed by atoms with van der Waals surface area (Å²) in [5, 5.41) is 6.56. The Morgan fingerprint density at radius 3 is 2.73 bits per heavy atom. The van der Waals surface area contributed by atoms with Crippen molar-refractivity contribution < 1.29 is 22.5 Å². The first-order valence-corrected chi connectivity index (χ1v) is 13.1. The van der Waals surface area contributed by atoms with Gasteiger partial charge in [-0.05, 0) is 36.4 Å². The zero-order chi connectivity index (χ0) is 26.0. The van der Waals surface area contributed by atoms with Gasteiger partial charge < -0.3 is 14.3 Å². The summed E-state index contributed by atoms with van der Waals surface area (Å²) in [6.07, 6.45) is -1.92. The van der Waals surface area contributed by atoms with E-state index in [9.17, 15) is 18.0 Å². The fourth-order valence-electron chi connectivity index (χ4n) is 4.54. The molecule has 11 heteroatoms. The summed E-state index contributed by atoms with van der Waals surface area (Å²) in [4.78, 5) is 27.2. The number of hydrogen-bond acceptors (Lipinski definition) is 7. The molecule has 5 rings (SSSR count). The molecule has 1 aromatic carbocycles. The van der Waals surface area contributed by atoms with Crippen molar-refractivity contribution in [1.82, 2.24) is 20.0 Å². The summed E-state index contributed by atoms with van der Waals surface area (Å²) in [5.74, 6) is 1.25. The number of alkyl halides is 3. The first-order valence-electron chi connectivity index (χ1n) is 12.2. The molecule has 1 saturated heterocycles. The van der Waals surface area contributed by atoms with Crippen molar-refractivity contribution in [2.45, 2.75) is 38.8 Å². The van der Waals surface area contributed by atoms with Crippen LogP contribution in [0.1, 0.15) is 36.0 Å². The lowest BCUT2D eigenvalue weighted by Crippen LogP contribution is -2.36. The number of hydrogen-bond donors (Lipinski definition) is 0. The average Bonchev–Trinajstić information content (AvgIpc) is 3.47. The van der Waals surface area contributed by atoms with E-state index in [1.165, 1.54) is 6.07 Å². The van der Waals surface area contributed by atoms with Crippen LogP contribution in [0.4, 0.5) is 19.0 Å². The molecule has 0 radical (unpaired) electrons. The number of rotatable bonds is 6. The minimum Gasteiger partial charge on any atom is -0.354 e. The molecular weight excluding hydrogens is 503 g/mol. The van der Waals surface area contributed by atoms with Gasteiger partial charge in [-0.1, -0.05) is 30.3 Å². The van der Waals surface area contributed by atoms with Gasteiger partial charge >= 0.3 is 6.18 Å². The van der Waals surface area contributed by atoms with Gasteiger partial charge in [0.15, 0.2) is 0 Å². The van der Waals surface area contributed by atoms with Crippen molar-refractivity contribution in [1.29, 1.82) is 0 Å². The highest BCUT2D eigenvalue weighted by molar-refractivity contribution is 7.10. The van der Waals surface area contributed by atoms with E-state index in [4.69, 9.17) is 9.51 Å². The molecule has 0 aliphatic carbocycles. The minimum atomic E-state index is -4.48. The van der Waals surface area contributed by atoms with Crippen LogP contribution in [0.2, 0.25) is 0 Å². The Morgan fingerprint density at radius 1 is 1.11 bits per heavy atom. The van der Waals surface area contributed by atoms with Gasteiger partial charge in [0.1, 0.15) is 22.7 Å². The molecule has 0 atom stereocenters. The van der Waals surface area contributed by atoms with E-state index in [0.717, 1.165) is 29.9 Å². The lowest BCUT2D eigenvalue weighted by Gasteiger charge is -2.23. The first kappa shape index (κ1) is 25.2. The maximum Gasteiger partial charge on any atom is 0.416 e. The molecule has 0 unspecified atom stereocenters. The molecular formula is C26H26F3N5O2S. The van der Waals surface area contributed by atoms with E-state index in [0.29, 0.717) is 56.0 Å². The fourth-order valence-corrected chi connectivity index (χ4v) is 5.23. The maximum atomic E-state index is 13.4. The van der Waals surface area contributed by atoms with E-state index >= 15 is 0 Å². The predicted molar refractivity (Wildman–Crippen MR) is 135 cm³/mol. The van der Waals surface area contributed by atoms with Gasteiger partial charge in [-0.15, -0.1) is 11.3 Å². The lowest BCUT2D eigenvalue weighted by atomic mass is 10.1. The molecule has 37 heavy (non-hydrogen) atoms. The summed E-state index contributed by atoms with van der Waals surface area (Å²) in [6.45, 7) is 4.32. The third-order valence-electron chi connectivity index (χ3n) is 6.35. The molecule has 7 nitrogen and oxygen atoms in total. The number of fused-ring (bicyclic) bond motifs is 1. The van der Waals surface area contributed by atoms with E-state index in [1.807, 2.05) is 29.3 Å². The van der Waals surface area contributed by atoms with Crippen LogP contribution in [0.15, 0.2) is 46.3 Å². The molecule has 0 saturated carbocycles. The maximum absolute atomic E-state index is 13.4. The summed E-state index contributed by atoms with van der Waals surface area (Å²) in [6, 6.07) is 8.91. The number of anilines is 1. The van der Waals surface area contributed by atoms with Crippen molar-refractivity contribution in [2.75, 3.05) is 31.1 Å². The van der Waals surface area contributed by atoms with Crippen molar-refractivity contribution in [2.24, 2.45) is 0 Å². The standard InChI is InChI=1S/C26H26F3N5O2S/c1-2-6-20-30-24(34-11-5-10-33(12-13-34)21(35)16-19-9-4-14-37-19)22-23(32-36-25(22)31-20)17-7-3-8-18(15-17)26(27,28)29/h3-4,7-9,14-15H,2,5-6,10-13,16H2,1H3. The Bertz CT molecular complexity index is 1390.